The smallest absolute Gasteiger partial charge is 0.253 e. The van der Waals surface area contributed by atoms with Crippen LogP contribution < -0.4 is 10.3 Å². The molecule has 4 nitrogen and oxygen atoms in total. The Kier molecular flexibility index (Phi) is 6.47. The van der Waals surface area contributed by atoms with Crippen molar-refractivity contribution in [2.75, 3.05) is 20.2 Å². The van der Waals surface area contributed by atoms with Crippen LogP contribution in [0.15, 0.2) is 23.1 Å². The molecule has 1 aromatic heterocycles. The highest BCUT2D eigenvalue weighted by Crippen LogP contribution is 2.33. The number of ether oxygens (including phenoxy) is 1. The third kappa shape index (κ3) is 4.40. The number of aryl methyl sites for hydroxylation is 1. The van der Waals surface area contributed by atoms with Gasteiger partial charge in [0.05, 0.1) is 7.11 Å². The Labute approximate surface area is 173 Å². The van der Waals surface area contributed by atoms with Gasteiger partial charge in [-0.25, -0.2) is 4.39 Å². The fourth-order valence-electron chi connectivity index (χ4n) is 4.37. The highest BCUT2D eigenvalue weighted by molar-refractivity contribution is 5.70. The summed E-state index contributed by atoms with van der Waals surface area (Å²) in [5, 5.41) is 0. The van der Waals surface area contributed by atoms with Gasteiger partial charge in [-0.2, -0.15) is 0 Å². The number of halogens is 1. The number of methoxy groups -OCH3 is 1. The highest BCUT2D eigenvalue weighted by atomic mass is 19.1. The Morgan fingerprint density at radius 1 is 1.17 bits per heavy atom. The third-order valence-corrected chi connectivity index (χ3v) is 6.57. The zero-order valence-electron chi connectivity index (χ0n) is 18.5. The molecule has 158 valence electrons. The topological polar surface area (TPSA) is 34.5 Å². The summed E-state index contributed by atoms with van der Waals surface area (Å²) in [6.07, 6.45) is 4.10. The Hall–Kier alpha value is -2.14. The van der Waals surface area contributed by atoms with Crippen LogP contribution in [0.4, 0.5) is 4.39 Å². The minimum Gasteiger partial charge on any atom is -0.496 e. The van der Waals surface area contributed by atoms with Gasteiger partial charge in [0.2, 0.25) is 0 Å². The van der Waals surface area contributed by atoms with Gasteiger partial charge in [0.15, 0.2) is 0 Å². The van der Waals surface area contributed by atoms with Crippen molar-refractivity contribution in [1.82, 2.24) is 9.47 Å². The van der Waals surface area contributed by atoms with Crippen molar-refractivity contribution < 1.29 is 9.13 Å². The zero-order valence-corrected chi connectivity index (χ0v) is 18.5. The van der Waals surface area contributed by atoms with Crippen LogP contribution in [0.25, 0.3) is 11.1 Å². The van der Waals surface area contributed by atoms with Gasteiger partial charge in [-0.3, -0.25) is 9.69 Å². The number of rotatable bonds is 5. The number of hydrogen-bond acceptors (Lipinski definition) is 3. The summed E-state index contributed by atoms with van der Waals surface area (Å²) in [5.74, 6) is 1.78. The van der Waals surface area contributed by atoms with Crippen LogP contribution in [-0.2, 0) is 13.6 Å². The predicted octanol–water partition coefficient (Wildman–Crippen LogP) is 4.68. The second-order valence-corrected chi connectivity index (χ2v) is 8.71. The summed E-state index contributed by atoms with van der Waals surface area (Å²) >= 11 is 0. The molecule has 2 heterocycles. The molecule has 5 heteroatoms. The Bertz CT molecular complexity index is 941. The predicted molar refractivity (Wildman–Crippen MR) is 116 cm³/mol. The van der Waals surface area contributed by atoms with Crippen molar-refractivity contribution in [3.63, 3.8) is 0 Å². The molecular formula is C24H33FN2O2. The van der Waals surface area contributed by atoms with Crippen molar-refractivity contribution in [1.29, 1.82) is 0 Å². The summed E-state index contributed by atoms with van der Waals surface area (Å²) in [6.45, 7) is 10.8. The van der Waals surface area contributed by atoms with Crippen LogP contribution in [-0.4, -0.2) is 29.7 Å². The number of hydrogen-bond donors (Lipinski definition) is 0. The van der Waals surface area contributed by atoms with Crippen LogP contribution in [0.2, 0.25) is 0 Å². The second-order valence-electron chi connectivity index (χ2n) is 8.71. The lowest BCUT2D eigenvalue weighted by molar-refractivity contribution is 0.149. The first-order valence-electron chi connectivity index (χ1n) is 10.5. The molecule has 0 N–H and O–H groups in total. The molecule has 1 aliphatic rings. The molecule has 0 unspecified atom stereocenters. The molecule has 29 heavy (non-hydrogen) atoms. The van der Waals surface area contributed by atoms with E-state index in [1.807, 2.05) is 19.9 Å². The lowest BCUT2D eigenvalue weighted by atomic mass is 9.86. The van der Waals surface area contributed by atoms with E-state index in [9.17, 15) is 4.79 Å². The first-order chi connectivity index (χ1) is 13.7. The SMILES string of the molecule is COc1cc(-c2cn(C)c(=O)c(C)c2C)cc(F)c1CN1CCC(C(C)C)CC1. The average molecular weight is 401 g/mol. The van der Waals surface area contributed by atoms with E-state index in [1.165, 1.54) is 0 Å². The summed E-state index contributed by atoms with van der Waals surface area (Å²) in [6, 6.07) is 3.47. The molecule has 1 saturated heterocycles. The van der Waals surface area contributed by atoms with Crippen LogP contribution in [0.3, 0.4) is 0 Å². The van der Waals surface area contributed by atoms with E-state index in [2.05, 4.69) is 18.7 Å². The van der Waals surface area contributed by atoms with E-state index in [0.29, 0.717) is 29.3 Å². The van der Waals surface area contributed by atoms with Crippen LogP contribution in [0.5, 0.6) is 5.75 Å². The van der Waals surface area contributed by atoms with Gasteiger partial charge in [-0.05, 0) is 74.9 Å². The van der Waals surface area contributed by atoms with Gasteiger partial charge in [-0.1, -0.05) is 13.8 Å². The minimum atomic E-state index is -0.253. The first-order valence-corrected chi connectivity index (χ1v) is 10.5. The lowest BCUT2D eigenvalue weighted by Gasteiger charge is -2.34. The van der Waals surface area contributed by atoms with E-state index in [4.69, 9.17) is 4.74 Å². The first kappa shape index (κ1) is 21.6. The Balaban J connectivity index is 1.91. The fraction of sp³-hybridized carbons (Fsp3) is 0.542. The van der Waals surface area contributed by atoms with Crippen molar-refractivity contribution in [3.05, 3.63) is 51.2 Å². The van der Waals surface area contributed by atoms with Gasteiger partial charge in [0, 0.05) is 36.5 Å². The van der Waals surface area contributed by atoms with Crippen molar-refractivity contribution in [2.45, 2.75) is 47.1 Å². The lowest BCUT2D eigenvalue weighted by Crippen LogP contribution is -2.35. The van der Waals surface area contributed by atoms with Gasteiger partial charge in [0.25, 0.3) is 5.56 Å². The third-order valence-electron chi connectivity index (χ3n) is 6.57. The Morgan fingerprint density at radius 3 is 2.41 bits per heavy atom. The number of nitrogens with zero attached hydrogens (tertiary/aromatic N) is 2. The molecule has 3 rings (SSSR count). The second kappa shape index (κ2) is 8.70. The average Bonchev–Trinajstić information content (AvgIpc) is 2.70. The van der Waals surface area contributed by atoms with E-state index in [-0.39, 0.29) is 11.4 Å². The molecule has 2 aromatic rings. The number of likely N-dealkylation sites (tertiary alicyclic amines) is 1. The van der Waals surface area contributed by atoms with Crippen molar-refractivity contribution >= 4 is 0 Å². The molecule has 0 aliphatic carbocycles. The molecule has 0 amide bonds. The van der Waals surface area contributed by atoms with Crippen molar-refractivity contribution in [2.24, 2.45) is 18.9 Å². The molecule has 0 spiro atoms. The number of benzene rings is 1. The maximum absolute atomic E-state index is 15.2. The monoisotopic (exact) mass is 400 g/mol. The van der Waals surface area contributed by atoms with Crippen molar-refractivity contribution in [3.8, 4) is 16.9 Å². The largest absolute Gasteiger partial charge is 0.496 e. The molecule has 0 atom stereocenters. The highest BCUT2D eigenvalue weighted by Gasteiger charge is 2.24. The van der Waals surface area contributed by atoms with E-state index < -0.39 is 0 Å². The van der Waals surface area contributed by atoms with E-state index in [0.717, 1.165) is 48.5 Å². The van der Waals surface area contributed by atoms with E-state index in [1.54, 1.807) is 31.0 Å². The van der Waals surface area contributed by atoms with Crippen LogP contribution in [0.1, 0.15) is 43.4 Å². The number of piperidine rings is 1. The molecule has 1 aliphatic heterocycles. The molecule has 1 fully saturated rings. The molecular weight excluding hydrogens is 367 g/mol. The van der Waals surface area contributed by atoms with Gasteiger partial charge < -0.3 is 9.30 Å². The maximum atomic E-state index is 15.2. The Morgan fingerprint density at radius 2 is 1.83 bits per heavy atom. The standard InChI is InChI=1S/C24H33FN2O2/c1-15(2)18-7-9-27(10-8-18)14-21-22(25)11-19(12-23(21)29-6)20-13-26(5)24(28)17(4)16(20)3/h11-13,15,18H,7-10,14H2,1-6H3. The zero-order chi connectivity index (χ0) is 21.3. The normalized spacial score (nSPS) is 15.9. The quantitative estimate of drug-likeness (QED) is 0.731. The molecule has 0 radical (unpaired) electrons. The summed E-state index contributed by atoms with van der Waals surface area (Å²) in [5.41, 5.74) is 3.72. The fourth-order valence-corrected chi connectivity index (χ4v) is 4.37. The number of aromatic nitrogens is 1. The molecule has 1 aromatic carbocycles. The maximum Gasteiger partial charge on any atom is 0.253 e. The van der Waals surface area contributed by atoms with Gasteiger partial charge >= 0.3 is 0 Å². The summed E-state index contributed by atoms with van der Waals surface area (Å²) in [4.78, 5) is 14.5. The van der Waals surface area contributed by atoms with Gasteiger partial charge in [0.1, 0.15) is 11.6 Å². The molecule has 0 bridgehead atoms. The summed E-state index contributed by atoms with van der Waals surface area (Å²) in [7, 11) is 3.31. The minimum absolute atomic E-state index is 0.0277. The summed E-state index contributed by atoms with van der Waals surface area (Å²) < 4.78 is 22.3. The van der Waals surface area contributed by atoms with Crippen LogP contribution in [0, 0.1) is 31.5 Å². The van der Waals surface area contributed by atoms with Crippen LogP contribution >= 0.6 is 0 Å². The molecule has 0 saturated carbocycles. The number of pyridine rings is 1. The van der Waals surface area contributed by atoms with E-state index >= 15 is 4.39 Å². The van der Waals surface area contributed by atoms with Gasteiger partial charge in [-0.15, -0.1) is 0 Å².